The van der Waals surface area contributed by atoms with E-state index < -0.39 is 0 Å². The molecule has 0 saturated heterocycles. The monoisotopic (exact) mass is 616 g/mol. The fourth-order valence-corrected chi connectivity index (χ4v) is 5.40. The zero-order valence-corrected chi connectivity index (χ0v) is 21.9. The molecule has 0 fully saturated rings. The fraction of sp³-hybridized carbons (Fsp3) is 0. The van der Waals surface area contributed by atoms with Gasteiger partial charge in [0.2, 0.25) is 11.9 Å². The smallest absolute Gasteiger partial charge is 0.259 e. The molecule has 2 N–H and O–H groups in total. The van der Waals surface area contributed by atoms with Crippen molar-refractivity contribution in [3.63, 3.8) is 0 Å². The van der Waals surface area contributed by atoms with Crippen LogP contribution in [-0.4, -0.2) is 31.8 Å². The summed E-state index contributed by atoms with van der Waals surface area (Å²) in [4.78, 5) is 43.4. The van der Waals surface area contributed by atoms with Crippen molar-refractivity contribution in [3.05, 3.63) is 93.4 Å². The van der Waals surface area contributed by atoms with E-state index in [1.54, 1.807) is 49.1 Å². The Labute approximate surface area is 219 Å². The lowest BCUT2D eigenvalue weighted by Gasteiger charge is -2.11. The number of hydrogen-bond acceptors (Lipinski definition) is 8. The molecule has 4 rings (SSSR count). The van der Waals surface area contributed by atoms with Crippen molar-refractivity contribution in [1.82, 2.24) is 19.9 Å². The van der Waals surface area contributed by atoms with Crippen LogP contribution < -0.4 is 10.6 Å². The number of halogens is 2. The predicted octanol–water partition coefficient (Wildman–Crippen LogP) is 6.10. The van der Waals surface area contributed by atoms with E-state index in [0.29, 0.717) is 20.1 Å². The van der Waals surface area contributed by atoms with Gasteiger partial charge in [-0.1, -0.05) is 45.9 Å². The Kier molecular flexibility index (Phi) is 8.27. The Morgan fingerprint density at radius 1 is 0.618 bits per heavy atom. The molecule has 2 aromatic carbocycles. The van der Waals surface area contributed by atoms with E-state index in [-0.39, 0.29) is 23.7 Å². The van der Waals surface area contributed by atoms with Crippen molar-refractivity contribution in [3.8, 4) is 0 Å². The molecular weight excluding hydrogens is 604 g/mol. The van der Waals surface area contributed by atoms with Crippen LogP contribution in [0.5, 0.6) is 0 Å². The van der Waals surface area contributed by atoms with Gasteiger partial charge in [0, 0.05) is 34.6 Å². The van der Waals surface area contributed by atoms with Crippen molar-refractivity contribution >= 4 is 77.2 Å². The Morgan fingerprint density at radius 3 is 1.35 bits per heavy atom. The van der Waals surface area contributed by atoms with Gasteiger partial charge in [-0.25, -0.2) is 19.9 Å². The molecule has 0 aliphatic carbocycles. The van der Waals surface area contributed by atoms with Crippen molar-refractivity contribution in [2.75, 3.05) is 10.6 Å². The Bertz CT molecular complexity index is 1220. The number of anilines is 2. The van der Waals surface area contributed by atoms with Gasteiger partial charge in [0.15, 0.2) is 0 Å². The molecule has 8 nitrogen and oxygen atoms in total. The highest BCUT2D eigenvalue weighted by Gasteiger charge is 2.16. The molecule has 2 aromatic heterocycles. The summed E-state index contributed by atoms with van der Waals surface area (Å²) in [5.74, 6) is -0.246. The summed E-state index contributed by atoms with van der Waals surface area (Å²) in [6.45, 7) is 0. The van der Waals surface area contributed by atoms with E-state index in [2.05, 4.69) is 62.4 Å². The first-order valence-corrected chi connectivity index (χ1v) is 13.3. The first kappa shape index (κ1) is 24.3. The summed E-state index contributed by atoms with van der Waals surface area (Å²) < 4.78 is 1.43. The van der Waals surface area contributed by atoms with Gasteiger partial charge < -0.3 is 0 Å². The average Bonchev–Trinajstić information content (AvgIpc) is 2.86. The standard InChI is InChI=1S/C22H14Br2N6O2S2/c23-13-9-25-21(26-10-13)29-19(31)15-5-1-3-7-17(15)33-34-18-8-4-2-6-16(18)20(32)30-22-27-11-14(24)12-28-22/h1-12H,(H,25,26,29,31)(H,27,28,30,32). The first-order chi connectivity index (χ1) is 16.5. The summed E-state index contributed by atoms with van der Waals surface area (Å²) in [7, 11) is 2.74. The van der Waals surface area contributed by atoms with E-state index >= 15 is 0 Å². The Hall–Kier alpha value is -2.80. The lowest BCUT2D eigenvalue weighted by Crippen LogP contribution is -2.15. The number of carbonyl (C=O) groups is 2. The number of carbonyl (C=O) groups excluding carboxylic acids is 2. The van der Waals surface area contributed by atoms with Gasteiger partial charge in [-0.3, -0.25) is 20.2 Å². The van der Waals surface area contributed by atoms with Crippen LogP contribution in [0.15, 0.2) is 92.1 Å². The number of benzene rings is 2. The van der Waals surface area contributed by atoms with Crippen molar-refractivity contribution in [1.29, 1.82) is 0 Å². The molecule has 0 spiro atoms. The summed E-state index contributed by atoms with van der Waals surface area (Å²) in [6.07, 6.45) is 6.22. The maximum Gasteiger partial charge on any atom is 0.259 e. The van der Waals surface area contributed by atoms with Crippen LogP contribution in [0.3, 0.4) is 0 Å². The molecule has 4 aromatic rings. The highest BCUT2D eigenvalue weighted by Crippen LogP contribution is 2.40. The molecule has 0 atom stereocenters. The van der Waals surface area contributed by atoms with Crippen LogP contribution in [0.2, 0.25) is 0 Å². The van der Waals surface area contributed by atoms with Crippen molar-refractivity contribution in [2.45, 2.75) is 9.79 Å². The second kappa shape index (κ2) is 11.6. The normalized spacial score (nSPS) is 10.5. The van der Waals surface area contributed by atoms with Crippen LogP contribution in [0.4, 0.5) is 11.9 Å². The SMILES string of the molecule is O=C(Nc1ncc(Br)cn1)c1ccccc1SSc1ccccc1C(=O)Nc1ncc(Br)cn1. The second-order valence-corrected chi connectivity index (χ2v) is 10.6. The zero-order valence-electron chi connectivity index (χ0n) is 17.1. The third-order valence-corrected chi connectivity index (χ3v) is 7.48. The summed E-state index contributed by atoms with van der Waals surface area (Å²) in [6, 6.07) is 14.4. The summed E-state index contributed by atoms with van der Waals surface area (Å²) >= 11 is 6.53. The first-order valence-electron chi connectivity index (χ1n) is 9.60. The highest BCUT2D eigenvalue weighted by atomic mass is 79.9. The molecule has 0 aliphatic heterocycles. The minimum Gasteiger partial charge on any atom is -0.290 e. The zero-order chi connectivity index (χ0) is 23.9. The van der Waals surface area contributed by atoms with Crippen LogP contribution in [0.25, 0.3) is 0 Å². The second-order valence-electron chi connectivity index (χ2n) is 6.52. The third-order valence-electron chi connectivity index (χ3n) is 4.18. The highest BCUT2D eigenvalue weighted by molar-refractivity contribution is 9.10. The number of aromatic nitrogens is 4. The van der Waals surface area contributed by atoms with Crippen LogP contribution in [0.1, 0.15) is 20.7 Å². The average molecular weight is 618 g/mol. The topological polar surface area (TPSA) is 110 Å². The van der Waals surface area contributed by atoms with E-state index in [9.17, 15) is 9.59 Å². The van der Waals surface area contributed by atoms with Gasteiger partial charge in [-0.15, -0.1) is 0 Å². The van der Waals surface area contributed by atoms with E-state index in [1.807, 2.05) is 24.3 Å². The van der Waals surface area contributed by atoms with Gasteiger partial charge in [0.25, 0.3) is 11.8 Å². The molecule has 2 amide bonds. The van der Waals surface area contributed by atoms with Gasteiger partial charge >= 0.3 is 0 Å². The molecule has 0 saturated carbocycles. The minimum atomic E-state index is -0.329. The van der Waals surface area contributed by atoms with E-state index in [1.165, 1.54) is 21.6 Å². The van der Waals surface area contributed by atoms with Gasteiger partial charge in [-0.2, -0.15) is 0 Å². The number of amides is 2. The largest absolute Gasteiger partial charge is 0.290 e. The van der Waals surface area contributed by atoms with Crippen molar-refractivity contribution < 1.29 is 9.59 Å². The lowest BCUT2D eigenvalue weighted by atomic mass is 10.2. The molecular formula is C22H14Br2N6O2S2. The fourth-order valence-electron chi connectivity index (χ4n) is 2.63. The van der Waals surface area contributed by atoms with Crippen LogP contribution >= 0.6 is 53.4 Å². The predicted molar refractivity (Wildman–Crippen MR) is 140 cm³/mol. The molecule has 12 heteroatoms. The van der Waals surface area contributed by atoms with E-state index in [4.69, 9.17) is 0 Å². The van der Waals surface area contributed by atoms with Gasteiger partial charge in [-0.05, 0) is 56.1 Å². The van der Waals surface area contributed by atoms with Gasteiger partial charge in [0.1, 0.15) is 0 Å². The number of hydrogen-bond donors (Lipinski definition) is 2. The molecule has 170 valence electrons. The molecule has 34 heavy (non-hydrogen) atoms. The molecule has 0 unspecified atom stereocenters. The van der Waals surface area contributed by atoms with Crippen molar-refractivity contribution in [2.24, 2.45) is 0 Å². The van der Waals surface area contributed by atoms with E-state index in [0.717, 1.165) is 9.79 Å². The summed E-state index contributed by atoms with van der Waals surface area (Å²) in [5, 5.41) is 5.40. The molecule has 2 heterocycles. The molecule has 0 radical (unpaired) electrons. The number of nitrogens with zero attached hydrogens (tertiary/aromatic N) is 4. The Balaban J connectivity index is 1.48. The van der Waals surface area contributed by atoms with Crippen LogP contribution in [0, 0.1) is 0 Å². The van der Waals surface area contributed by atoms with Gasteiger partial charge in [0.05, 0.1) is 20.1 Å². The summed E-state index contributed by atoms with van der Waals surface area (Å²) in [5.41, 5.74) is 0.938. The molecule has 0 aliphatic rings. The number of rotatable bonds is 7. The maximum atomic E-state index is 12.8. The maximum absolute atomic E-state index is 12.8. The molecule has 0 bridgehead atoms. The lowest BCUT2D eigenvalue weighted by molar-refractivity contribution is 0.101. The Morgan fingerprint density at radius 2 is 0.971 bits per heavy atom. The quantitative estimate of drug-likeness (QED) is 0.240. The minimum absolute atomic E-state index is 0.206. The number of nitrogens with one attached hydrogen (secondary N) is 2. The van der Waals surface area contributed by atoms with Crippen LogP contribution in [-0.2, 0) is 0 Å². The third kappa shape index (κ3) is 6.41.